The van der Waals surface area contributed by atoms with Crippen LogP contribution in [0.15, 0.2) is 413 Å². The molecule has 2 aliphatic heterocycles. The molecule has 1 aromatic heterocycles. The van der Waals surface area contributed by atoms with Crippen molar-refractivity contribution in [2.45, 2.75) is 0 Å². The van der Waals surface area contributed by atoms with Gasteiger partial charge in [-0.25, -0.2) is 0 Å². The quantitative estimate of drug-likeness (QED) is 0.120. The SMILES string of the molecule is c1ccc(-c2c(-c3ccc(N4c5ccc(-c6ccc7ccccc7c6-c6ccccc6)cc5B5c6cc(-c7ccc8ccccc8c7-c7ccccc7)ccc6N(c6ccc(-c7ccc8ccccc8c7-c7ccccc7)cc6)c6cc(-n7c8ccccc8c8ccccc87)cc4c65)cc3)ccc3ccccc23)cc1. The van der Waals surface area contributed by atoms with Gasteiger partial charge in [0.1, 0.15) is 0 Å². The molecule has 0 saturated heterocycles. The average Bonchev–Trinajstić information content (AvgIpc) is 0.828. The Morgan fingerprint density at radius 3 is 0.800 bits per heavy atom. The fourth-order valence-corrected chi connectivity index (χ4v) is 18.5. The second kappa shape index (κ2) is 25.7. The van der Waals surface area contributed by atoms with Gasteiger partial charge >= 0.3 is 0 Å². The first-order valence-corrected chi connectivity index (χ1v) is 38.2. The van der Waals surface area contributed by atoms with E-state index in [1.807, 2.05) is 0 Å². The van der Waals surface area contributed by atoms with Crippen LogP contribution in [-0.2, 0) is 0 Å². The second-order valence-corrected chi connectivity index (χ2v) is 29.3. The predicted molar refractivity (Wildman–Crippen MR) is 468 cm³/mol. The summed E-state index contributed by atoms with van der Waals surface area (Å²) in [6.45, 7) is -0.276. The highest BCUT2D eigenvalue weighted by Crippen LogP contribution is 2.51. The summed E-state index contributed by atoms with van der Waals surface area (Å²) in [5, 5.41) is 12.2. The summed E-state index contributed by atoms with van der Waals surface area (Å²) in [7, 11) is 0. The molecular weight excluding hydrogens is 1330 g/mol. The lowest BCUT2D eigenvalue weighted by Crippen LogP contribution is -2.61. The first kappa shape index (κ1) is 63.0. The second-order valence-electron chi connectivity index (χ2n) is 29.3. The van der Waals surface area contributed by atoms with E-state index in [1.54, 1.807) is 0 Å². The van der Waals surface area contributed by atoms with Gasteiger partial charge in [-0.15, -0.1) is 0 Å². The Morgan fingerprint density at radius 1 is 0.182 bits per heavy atom. The largest absolute Gasteiger partial charge is 0.311 e. The maximum atomic E-state index is 2.60. The number of hydrogen-bond acceptors (Lipinski definition) is 2. The van der Waals surface area contributed by atoms with Crippen molar-refractivity contribution in [3.63, 3.8) is 0 Å². The van der Waals surface area contributed by atoms with Crippen LogP contribution in [0.25, 0.3) is 160 Å². The summed E-state index contributed by atoms with van der Waals surface area (Å²) in [4.78, 5) is 5.20. The minimum Gasteiger partial charge on any atom is -0.311 e. The van der Waals surface area contributed by atoms with Crippen molar-refractivity contribution < 1.29 is 0 Å². The standard InChI is InChI=1S/C106H68BN3/c1-5-29-75(30-6-1)102-84-37-17-13-25-69(84)49-59-88(102)73-45-55-81(56-46-73)108-98-63-53-79(90-61-51-71-27-15-19-39-86(71)104(90)77-33-9-3-10-34-77)65-94(98)107-95-66-80(91-62-52-72-28-16-20-40-87(72)105(91)78-35-11-4-12-36-78)54-64-99(95)109(101-68-83(67-100(108)106(101)107)110-96-43-23-21-41-92(96)93-42-22-24-44-97(93)110)82-57-47-74(48-58-82)89-60-50-70-26-14-18-38-85(70)103(89)76-31-7-2-8-32-76/h1-68H. The van der Waals surface area contributed by atoms with Crippen LogP contribution in [0, 0.1) is 0 Å². The Hall–Kier alpha value is -14.3. The van der Waals surface area contributed by atoms with Gasteiger partial charge in [-0.05, 0) is 209 Å². The number of nitrogens with zero attached hydrogens (tertiary/aromatic N) is 3. The van der Waals surface area contributed by atoms with E-state index in [0.29, 0.717) is 0 Å². The third-order valence-electron chi connectivity index (χ3n) is 23.3. The molecule has 0 bridgehead atoms. The number of fused-ring (bicyclic) bond motifs is 11. The maximum Gasteiger partial charge on any atom is 0.252 e. The van der Waals surface area contributed by atoms with Crippen molar-refractivity contribution in [1.82, 2.24) is 4.57 Å². The average molecular weight is 1390 g/mol. The Labute approximate surface area is 639 Å². The van der Waals surface area contributed by atoms with Crippen LogP contribution in [0.5, 0.6) is 0 Å². The molecule has 3 heterocycles. The van der Waals surface area contributed by atoms with E-state index >= 15 is 0 Å². The van der Waals surface area contributed by atoms with Gasteiger partial charge in [0, 0.05) is 44.9 Å². The molecule has 510 valence electrons. The van der Waals surface area contributed by atoms with Gasteiger partial charge in [0.05, 0.1) is 16.7 Å². The van der Waals surface area contributed by atoms with Crippen molar-refractivity contribution in [1.29, 1.82) is 0 Å². The molecule has 0 aliphatic carbocycles. The fourth-order valence-electron chi connectivity index (χ4n) is 18.5. The third kappa shape index (κ3) is 10.1. The fraction of sp³-hybridized carbons (Fsp3) is 0. The monoisotopic (exact) mass is 1390 g/mol. The Balaban J connectivity index is 0.841. The van der Waals surface area contributed by atoms with Crippen molar-refractivity contribution in [3.05, 3.63) is 413 Å². The molecule has 0 fully saturated rings. The lowest BCUT2D eigenvalue weighted by Gasteiger charge is -2.45. The van der Waals surface area contributed by atoms with Crippen LogP contribution in [0.2, 0.25) is 0 Å². The number of aromatic nitrogens is 1. The molecule has 20 aromatic rings. The number of rotatable bonds is 11. The first-order chi connectivity index (χ1) is 54.6. The van der Waals surface area contributed by atoms with Gasteiger partial charge < -0.3 is 14.4 Å². The van der Waals surface area contributed by atoms with Crippen LogP contribution < -0.4 is 26.2 Å². The molecule has 0 radical (unpaired) electrons. The summed E-state index contributed by atoms with van der Waals surface area (Å²) in [6.07, 6.45) is 0. The van der Waals surface area contributed by atoms with Gasteiger partial charge in [-0.3, -0.25) is 0 Å². The van der Waals surface area contributed by atoms with Crippen LogP contribution in [0.3, 0.4) is 0 Å². The Bertz CT molecular complexity index is 6650. The number of hydrogen-bond donors (Lipinski definition) is 0. The first-order valence-electron chi connectivity index (χ1n) is 38.2. The molecule has 0 unspecified atom stereocenters. The molecule has 4 heteroatoms. The van der Waals surface area contributed by atoms with Crippen molar-refractivity contribution >= 4 is 122 Å². The summed E-state index contributed by atoms with van der Waals surface area (Å²) < 4.78 is 2.52. The van der Waals surface area contributed by atoms with Crippen molar-refractivity contribution in [3.8, 4) is 94.7 Å². The Morgan fingerprint density at radius 2 is 0.464 bits per heavy atom. The van der Waals surface area contributed by atoms with Crippen molar-refractivity contribution in [2.24, 2.45) is 0 Å². The lowest BCUT2D eigenvalue weighted by molar-refractivity contribution is 1.16. The normalized spacial score (nSPS) is 12.3. The minimum absolute atomic E-state index is 0.276. The van der Waals surface area contributed by atoms with E-state index < -0.39 is 0 Å². The summed E-state index contributed by atoms with van der Waals surface area (Å²) >= 11 is 0. The van der Waals surface area contributed by atoms with E-state index in [2.05, 4.69) is 427 Å². The molecule has 19 aromatic carbocycles. The van der Waals surface area contributed by atoms with E-state index in [-0.39, 0.29) is 6.71 Å². The van der Waals surface area contributed by atoms with E-state index in [0.717, 1.165) is 73.1 Å². The third-order valence-corrected chi connectivity index (χ3v) is 23.3. The van der Waals surface area contributed by atoms with E-state index in [9.17, 15) is 0 Å². The van der Waals surface area contributed by atoms with Crippen molar-refractivity contribution in [2.75, 3.05) is 9.80 Å². The molecule has 3 nitrogen and oxygen atoms in total. The summed E-state index contributed by atoms with van der Waals surface area (Å²) in [6, 6.07) is 154. The molecule has 22 rings (SSSR count). The highest BCUT2D eigenvalue weighted by molar-refractivity contribution is 7.00. The van der Waals surface area contributed by atoms with Crippen LogP contribution in [0.1, 0.15) is 0 Å². The van der Waals surface area contributed by atoms with Crippen LogP contribution >= 0.6 is 0 Å². The van der Waals surface area contributed by atoms with Gasteiger partial charge in [0.15, 0.2) is 0 Å². The Kier molecular flexibility index (Phi) is 14.7. The molecule has 0 saturated carbocycles. The minimum atomic E-state index is -0.276. The molecular formula is C106H68BN3. The topological polar surface area (TPSA) is 11.4 Å². The van der Waals surface area contributed by atoms with Gasteiger partial charge in [-0.1, -0.05) is 352 Å². The lowest BCUT2D eigenvalue weighted by atomic mass is 9.33. The zero-order valence-electron chi connectivity index (χ0n) is 60.2. The van der Waals surface area contributed by atoms with Gasteiger partial charge in [0.2, 0.25) is 0 Å². The molecule has 0 N–H and O–H groups in total. The van der Waals surface area contributed by atoms with Crippen LogP contribution in [0.4, 0.5) is 34.1 Å². The molecule has 2 aliphatic rings. The number of para-hydroxylation sites is 2. The molecule has 0 amide bonds. The van der Waals surface area contributed by atoms with Gasteiger partial charge in [-0.2, -0.15) is 0 Å². The zero-order valence-corrected chi connectivity index (χ0v) is 60.2. The molecule has 0 atom stereocenters. The highest BCUT2D eigenvalue weighted by atomic mass is 15.2. The summed E-state index contributed by atoms with van der Waals surface area (Å²) in [5.41, 5.74) is 32.6. The van der Waals surface area contributed by atoms with Crippen LogP contribution in [-0.4, -0.2) is 11.3 Å². The highest BCUT2D eigenvalue weighted by Gasteiger charge is 2.45. The molecule has 110 heavy (non-hydrogen) atoms. The number of benzene rings is 19. The maximum absolute atomic E-state index is 2.60. The predicted octanol–water partition coefficient (Wildman–Crippen LogP) is 26.8. The van der Waals surface area contributed by atoms with E-state index in [4.69, 9.17) is 0 Å². The molecule has 0 spiro atoms. The smallest absolute Gasteiger partial charge is 0.252 e. The van der Waals surface area contributed by atoms with Gasteiger partial charge in [0.25, 0.3) is 6.71 Å². The summed E-state index contributed by atoms with van der Waals surface area (Å²) in [5.74, 6) is 0. The number of anilines is 6. The van der Waals surface area contributed by atoms with E-state index in [1.165, 1.54) is 137 Å². The zero-order chi connectivity index (χ0) is 72.3.